The Morgan fingerprint density at radius 2 is 1.91 bits per heavy atom. The number of oxazole rings is 1. The Kier molecular flexibility index (Phi) is 4.93. The molecule has 1 atom stereocenters. The minimum absolute atomic E-state index is 0.269. The normalized spacial score (nSPS) is 12.5. The predicted molar refractivity (Wildman–Crippen MR) is 114 cm³/mol. The van der Waals surface area contributed by atoms with Gasteiger partial charge in [-0.3, -0.25) is 13.6 Å². The van der Waals surface area contributed by atoms with E-state index in [0.717, 1.165) is 16.8 Å². The van der Waals surface area contributed by atoms with E-state index in [-0.39, 0.29) is 17.7 Å². The quantitative estimate of drug-likeness (QED) is 0.373. The summed E-state index contributed by atoms with van der Waals surface area (Å²) < 4.78 is 27.8. The number of aromatic nitrogens is 5. The number of fused-ring (bicyclic) bond motifs is 2. The van der Waals surface area contributed by atoms with Gasteiger partial charge in [-0.15, -0.1) is 10.2 Å². The number of rotatable bonds is 6. The number of carbonyl (C=O) groups is 1. The number of carbonyl (C=O) groups excluding carboxylic acids is 1. The molecule has 0 bridgehead atoms. The molecule has 0 aliphatic carbocycles. The first kappa shape index (κ1) is 19.9. The third kappa shape index (κ3) is 3.41. The van der Waals surface area contributed by atoms with Gasteiger partial charge in [-0.05, 0) is 43.3 Å². The van der Waals surface area contributed by atoms with Crippen molar-refractivity contribution in [3.8, 4) is 22.5 Å². The first-order valence-corrected chi connectivity index (χ1v) is 10.3. The van der Waals surface area contributed by atoms with E-state index in [1.54, 1.807) is 31.5 Å². The molecule has 162 valence electrons. The molecule has 0 saturated carbocycles. The zero-order valence-corrected chi connectivity index (χ0v) is 17.5. The Hall–Kier alpha value is -4.01. The summed E-state index contributed by atoms with van der Waals surface area (Å²) in [6.07, 6.45) is 5.64. The molecule has 0 aliphatic heterocycles. The second-order valence-corrected chi connectivity index (χ2v) is 7.49. The second kappa shape index (κ2) is 7.92. The van der Waals surface area contributed by atoms with Crippen LogP contribution in [0, 0.1) is 11.7 Å². The van der Waals surface area contributed by atoms with Crippen molar-refractivity contribution in [3.63, 3.8) is 0 Å². The highest BCUT2D eigenvalue weighted by Gasteiger charge is 2.21. The number of benzene rings is 1. The number of esters is 1. The highest BCUT2D eigenvalue weighted by molar-refractivity contribution is 5.81. The van der Waals surface area contributed by atoms with Crippen LogP contribution in [-0.2, 0) is 16.0 Å². The Bertz CT molecular complexity index is 1420. The van der Waals surface area contributed by atoms with Crippen molar-refractivity contribution < 1.29 is 18.3 Å². The van der Waals surface area contributed by atoms with Crippen LogP contribution in [-0.4, -0.2) is 36.6 Å². The molecule has 0 amide bonds. The SMILES string of the molecule is CCOC(=O)[C@H](C)Cc1nnc2ccc(-c3c(-c4ccc(F)cc4)nc4occn34)cn12. The summed E-state index contributed by atoms with van der Waals surface area (Å²) in [7, 11) is 0. The summed E-state index contributed by atoms with van der Waals surface area (Å²) in [6, 6.07) is 9.95. The van der Waals surface area contributed by atoms with Gasteiger partial charge < -0.3 is 9.15 Å². The Balaban J connectivity index is 1.61. The minimum atomic E-state index is -0.351. The number of imidazole rings is 1. The number of halogens is 1. The first-order chi connectivity index (χ1) is 15.5. The molecule has 5 rings (SSSR count). The average Bonchev–Trinajstić information content (AvgIpc) is 3.49. The monoisotopic (exact) mass is 433 g/mol. The molecule has 1 aromatic carbocycles. The molecule has 8 nitrogen and oxygen atoms in total. The van der Waals surface area contributed by atoms with Crippen molar-refractivity contribution in [2.45, 2.75) is 20.3 Å². The molecule has 5 aromatic rings. The van der Waals surface area contributed by atoms with Gasteiger partial charge in [-0.25, -0.2) is 4.39 Å². The zero-order valence-electron chi connectivity index (χ0n) is 17.5. The number of pyridine rings is 1. The van der Waals surface area contributed by atoms with Gasteiger partial charge in [-0.2, -0.15) is 4.98 Å². The maximum atomic E-state index is 13.5. The van der Waals surface area contributed by atoms with Crippen molar-refractivity contribution >= 4 is 17.5 Å². The lowest BCUT2D eigenvalue weighted by atomic mass is 10.1. The van der Waals surface area contributed by atoms with E-state index in [9.17, 15) is 9.18 Å². The van der Waals surface area contributed by atoms with Crippen LogP contribution in [0.5, 0.6) is 0 Å². The van der Waals surface area contributed by atoms with E-state index in [4.69, 9.17) is 9.15 Å². The third-order valence-corrected chi connectivity index (χ3v) is 5.30. The lowest BCUT2D eigenvalue weighted by Gasteiger charge is -2.10. The molecule has 4 heterocycles. The van der Waals surface area contributed by atoms with E-state index in [1.807, 2.05) is 34.1 Å². The van der Waals surface area contributed by atoms with Gasteiger partial charge in [0.25, 0.3) is 0 Å². The number of nitrogens with zero attached hydrogens (tertiary/aromatic N) is 5. The van der Waals surface area contributed by atoms with Crippen molar-refractivity contribution in [1.29, 1.82) is 0 Å². The molecule has 9 heteroatoms. The molecular weight excluding hydrogens is 413 g/mol. The fraction of sp³-hybridized carbons (Fsp3) is 0.217. The number of hydrogen-bond donors (Lipinski definition) is 0. The van der Waals surface area contributed by atoms with Crippen molar-refractivity contribution in [1.82, 2.24) is 24.0 Å². The van der Waals surface area contributed by atoms with Gasteiger partial charge in [-0.1, -0.05) is 6.92 Å². The van der Waals surface area contributed by atoms with E-state index in [1.165, 1.54) is 12.1 Å². The largest absolute Gasteiger partial charge is 0.466 e. The summed E-state index contributed by atoms with van der Waals surface area (Å²) in [5.41, 5.74) is 3.73. The van der Waals surface area contributed by atoms with Crippen LogP contribution in [0.1, 0.15) is 19.7 Å². The van der Waals surface area contributed by atoms with E-state index < -0.39 is 0 Å². The maximum absolute atomic E-state index is 13.5. The fourth-order valence-electron chi connectivity index (χ4n) is 3.73. The molecule has 0 fully saturated rings. The second-order valence-electron chi connectivity index (χ2n) is 7.49. The molecule has 0 N–H and O–H groups in total. The molecule has 0 radical (unpaired) electrons. The first-order valence-electron chi connectivity index (χ1n) is 10.3. The van der Waals surface area contributed by atoms with Gasteiger partial charge in [0, 0.05) is 29.9 Å². The highest BCUT2D eigenvalue weighted by atomic mass is 19.1. The van der Waals surface area contributed by atoms with Crippen molar-refractivity contribution in [2.24, 2.45) is 5.92 Å². The topological polar surface area (TPSA) is 86.9 Å². The van der Waals surface area contributed by atoms with Gasteiger partial charge >= 0.3 is 11.8 Å². The number of ether oxygens (including phenoxy) is 1. The highest BCUT2D eigenvalue weighted by Crippen LogP contribution is 2.33. The summed E-state index contributed by atoms with van der Waals surface area (Å²) in [5, 5.41) is 8.49. The molecule has 0 saturated heterocycles. The summed E-state index contributed by atoms with van der Waals surface area (Å²) in [5.74, 6) is 0.147. The Morgan fingerprint density at radius 3 is 2.69 bits per heavy atom. The third-order valence-electron chi connectivity index (χ3n) is 5.30. The van der Waals surface area contributed by atoms with Crippen LogP contribution in [0.25, 0.3) is 34.0 Å². The summed E-state index contributed by atoms with van der Waals surface area (Å²) in [6.45, 7) is 3.92. The standard InChI is InChI=1S/C23H20FN5O3/c1-3-31-22(30)14(2)12-19-27-26-18-9-6-16(13-29(18)19)21-20(15-4-7-17(24)8-5-15)25-23-28(21)10-11-32-23/h4-11,13-14H,3,12H2,1-2H3/t14-/m1/s1. The van der Waals surface area contributed by atoms with Crippen LogP contribution < -0.4 is 0 Å². The van der Waals surface area contributed by atoms with E-state index in [0.29, 0.717) is 36.0 Å². The number of hydrogen-bond acceptors (Lipinski definition) is 6. The lowest BCUT2D eigenvalue weighted by molar-refractivity contribution is -0.147. The smallest absolute Gasteiger partial charge is 0.309 e. The van der Waals surface area contributed by atoms with Crippen LogP contribution in [0.2, 0.25) is 0 Å². The fourth-order valence-corrected chi connectivity index (χ4v) is 3.73. The molecule has 4 aromatic heterocycles. The molecule has 0 spiro atoms. The van der Waals surface area contributed by atoms with Crippen molar-refractivity contribution in [2.75, 3.05) is 6.61 Å². The average molecular weight is 433 g/mol. The predicted octanol–water partition coefficient (Wildman–Crippen LogP) is 4.18. The van der Waals surface area contributed by atoms with Crippen LogP contribution in [0.4, 0.5) is 4.39 Å². The zero-order chi connectivity index (χ0) is 22.2. The molecule has 32 heavy (non-hydrogen) atoms. The Labute approximate surface area is 182 Å². The van der Waals surface area contributed by atoms with Gasteiger partial charge in [0.1, 0.15) is 23.6 Å². The van der Waals surface area contributed by atoms with E-state index in [2.05, 4.69) is 15.2 Å². The minimum Gasteiger partial charge on any atom is -0.466 e. The van der Waals surface area contributed by atoms with Crippen molar-refractivity contribution in [3.05, 3.63) is 66.7 Å². The van der Waals surface area contributed by atoms with Crippen LogP contribution in [0.15, 0.2) is 59.5 Å². The maximum Gasteiger partial charge on any atom is 0.309 e. The summed E-state index contributed by atoms with van der Waals surface area (Å²) in [4.78, 5) is 16.7. The lowest BCUT2D eigenvalue weighted by Crippen LogP contribution is -2.18. The van der Waals surface area contributed by atoms with Crippen LogP contribution >= 0.6 is 0 Å². The Morgan fingerprint density at radius 1 is 1.12 bits per heavy atom. The van der Waals surface area contributed by atoms with Crippen LogP contribution in [0.3, 0.4) is 0 Å². The van der Waals surface area contributed by atoms with Gasteiger partial charge in [0.15, 0.2) is 5.65 Å². The molecule has 0 aliphatic rings. The van der Waals surface area contributed by atoms with Gasteiger partial charge in [0.2, 0.25) is 0 Å². The summed E-state index contributed by atoms with van der Waals surface area (Å²) >= 11 is 0. The van der Waals surface area contributed by atoms with Gasteiger partial charge in [0.05, 0.1) is 18.2 Å². The van der Waals surface area contributed by atoms with E-state index >= 15 is 0 Å². The molecular formula is C23H20FN5O3. The molecule has 0 unspecified atom stereocenters.